The van der Waals surface area contributed by atoms with Crippen molar-refractivity contribution in [1.82, 2.24) is 15.3 Å². The van der Waals surface area contributed by atoms with E-state index in [0.717, 1.165) is 32.5 Å². The van der Waals surface area contributed by atoms with Gasteiger partial charge in [0, 0.05) is 19.1 Å². The lowest BCUT2D eigenvalue weighted by atomic mass is 10.1. The minimum absolute atomic E-state index is 0.226. The second-order valence-corrected chi connectivity index (χ2v) is 4.41. The zero-order valence-corrected chi connectivity index (χ0v) is 10.9. The van der Waals surface area contributed by atoms with E-state index in [-0.39, 0.29) is 5.56 Å². The third kappa shape index (κ3) is 2.64. The van der Waals surface area contributed by atoms with E-state index in [0.29, 0.717) is 17.6 Å². The van der Waals surface area contributed by atoms with Crippen LogP contribution in [0.25, 0.3) is 0 Å². The van der Waals surface area contributed by atoms with Crippen molar-refractivity contribution in [3.63, 3.8) is 0 Å². The number of H-pyrrole nitrogens is 1. The molecule has 0 aromatic carbocycles. The minimum Gasteiger partial charge on any atom is -0.489 e. The van der Waals surface area contributed by atoms with Crippen molar-refractivity contribution < 1.29 is 4.74 Å². The first kappa shape index (κ1) is 12.9. The molecule has 0 aliphatic carbocycles. The third-order valence-electron chi connectivity index (χ3n) is 3.28. The van der Waals surface area contributed by atoms with Crippen molar-refractivity contribution in [2.75, 3.05) is 31.6 Å². The molecule has 1 aromatic rings. The Morgan fingerprint density at radius 2 is 2.28 bits per heavy atom. The number of nitrogens with one attached hydrogen (secondary N) is 2. The van der Waals surface area contributed by atoms with Crippen LogP contribution in [-0.4, -0.2) is 42.8 Å². The molecule has 100 valence electrons. The fourth-order valence-corrected chi connectivity index (χ4v) is 2.37. The van der Waals surface area contributed by atoms with Crippen LogP contribution in [0.2, 0.25) is 0 Å². The molecule has 1 aromatic heterocycles. The summed E-state index contributed by atoms with van der Waals surface area (Å²) in [7, 11) is 1.50. The molecule has 0 spiro atoms. The zero-order chi connectivity index (χ0) is 13.0. The molecular weight excluding hydrogens is 232 g/mol. The number of anilines is 1. The summed E-state index contributed by atoms with van der Waals surface area (Å²) in [4.78, 5) is 20.5. The lowest BCUT2D eigenvalue weighted by Gasteiger charge is -2.33. The van der Waals surface area contributed by atoms with Gasteiger partial charge in [-0.3, -0.25) is 4.79 Å². The summed E-state index contributed by atoms with van der Waals surface area (Å²) in [5.74, 6) is 0.954. The van der Waals surface area contributed by atoms with Crippen molar-refractivity contribution in [3.8, 4) is 5.75 Å². The molecule has 0 unspecified atom stereocenters. The van der Waals surface area contributed by atoms with E-state index in [1.807, 2.05) is 0 Å². The Morgan fingerprint density at radius 1 is 1.56 bits per heavy atom. The van der Waals surface area contributed by atoms with Gasteiger partial charge in [-0.2, -0.15) is 0 Å². The van der Waals surface area contributed by atoms with Crippen LogP contribution in [0.5, 0.6) is 5.75 Å². The molecular formula is C12H20N4O2. The summed E-state index contributed by atoms with van der Waals surface area (Å²) in [6.45, 7) is 4.90. The molecule has 18 heavy (non-hydrogen) atoms. The number of methoxy groups -OCH3 is 1. The predicted octanol–water partition coefficient (Wildman–Crippen LogP) is 0.357. The second kappa shape index (κ2) is 5.86. The van der Waals surface area contributed by atoms with E-state index < -0.39 is 0 Å². The van der Waals surface area contributed by atoms with Gasteiger partial charge in [-0.05, 0) is 19.4 Å². The number of aromatic nitrogens is 2. The summed E-state index contributed by atoms with van der Waals surface area (Å²) in [5.41, 5.74) is -0.226. The molecule has 2 heterocycles. The Bertz CT molecular complexity index is 438. The molecule has 2 rings (SSSR count). The summed E-state index contributed by atoms with van der Waals surface area (Å²) < 4.78 is 5.14. The smallest absolute Gasteiger partial charge is 0.295 e. The van der Waals surface area contributed by atoms with Crippen LogP contribution in [0.4, 0.5) is 5.82 Å². The average Bonchev–Trinajstić information content (AvgIpc) is 2.40. The van der Waals surface area contributed by atoms with E-state index in [4.69, 9.17) is 4.74 Å². The number of ether oxygens (including phenoxy) is 1. The predicted molar refractivity (Wildman–Crippen MR) is 70.3 cm³/mol. The molecule has 1 saturated heterocycles. The quantitative estimate of drug-likeness (QED) is 0.809. The van der Waals surface area contributed by atoms with Crippen LogP contribution in [0.15, 0.2) is 11.1 Å². The number of rotatable bonds is 4. The van der Waals surface area contributed by atoms with E-state index in [2.05, 4.69) is 27.1 Å². The van der Waals surface area contributed by atoms with Crippen LogP contribution >= 0.6 is 0 Å². The maximum atomic E-state index is 11.6. The van der Waals surface area contributed by atoms with Crippen LogP contribution in [0.3, 0.4) is 0 Å². The minimum atomic E-state index is -0.226. The molecule has 6 heteroatoms. The van der Waals surface area contributed by atoms with Gasteiger partial charge >= 0.3 is 0 Å². The second-order valence-electron chi connectivity index (χ2n) is 4.41. The SMILES string of the molecule is CCNC1CCN(c2nc[nH]c(=O)c2OC)CC1. The highest BCUT2D eigenvalue weighted by Gasteiger charge is 2.22. The normalized spacial score (nSPS) is 16.9. The molecule has 1 aliphatic rings. The number of nitrogens with zero attached hydrogens (tertiary/aromatic N) is 2. The largest absolute Gasteiger partial charge is 0.489 e. The van der Waals surface area contributed by atoms with Crippen LogP contribution in [-0.2, 0) is 0 Å². The van der Waals surface area contributed by atoms with Crippen molar-refractivity contribution >= 4 is 5.82 Å². The van der Waals surface area contributed by atoms with Crippen molar-refractivity contribution in [2.45, 2.75) is 25.8 Å². The number of hydrogen-bond donors (Lipinski definition) is 2. The van der Waals surface area contributed by atoms with Gasteiger partial charge in [-0.25, -0.2) is 4.98 Å². The first-order valence-corrected chi connectivity index (χ1v) is 6.36. The Hall–Kier alpha value is -1.56. The molecule has 0 bridgehead atoms. The number of hydrogen-bond acceptors (Lipinski definition) is 5. The molecule has 1 aliphatic heterocycles. The van der Waals surface area contributed by atoms with Crippen molar-refractivity contribution in [2.24, 2.45) is 0 Å². The van der Waals surface area contributed by atoms with Gasteiger partial charge in [0.1, 0.15) is 0 Å². The topological polar surface area (TPSA) is 70.2 Å². The van der Waals surface area contributed by atoms with Gasteiger partial charge in [-0.15, -0.1) is 0 Å². The molecule has 0 atom stereocenters. The van der Waals surface area contributed by atoms with Crippen LogP contribution in [0.1, 0.15) is 19.8 Å². The standard InChI is InChI=1S/C12H20N4O2/c1-3-13-9-4-6-16(7-5-9)11-10(18-2)12(17)15-8-14-11/h8-9,13H,3-7H2,1-2H3,(H,14,15,17). The molecule has 0 amide bonds. The highest BCUT2D eigenvalue weighted by molar-refractivity contribution is 5.50. The third-order valence-corrected chi connectivity index (χ3v) is 3.28. The molecule has 0 saturated carbocycles. The van der Waals surface area contributed by atoms with Crippen LogP contribution in [0, 0.1) is 0 Å². The summed E-state index contributed by atoms with van der Waals surface area (Å²) in [6.07, 6.45) is 3.55. The maximum absolute atomic E-state index is 11.6. The monoisotopic (exact) mass is 252 g/mol. The van der Waals surface area contributed by atoms with Gasteiger partial charge < -0.3 is 19.9 Å². The fourth-order valence-electron chi connectivity index (χ4n) is 2.37. The number of piperidine rings is 1. The Kier molecular flexibility index (Phi) is 4.19. The maximum Gasteiger partial charge on any atom is 0.295 e. The van der Waals surface area contributed by atoms with Gasteiger partial charge in [0.15, 0.2) is 5.82 Å². The molecule has 6 nitrogen and oxygen atoms in total. The van der Waals surface area contributed by atoms with Gasteiger partial charge in [0.25, 0.3) is 5.56 Å². The average molecular weight is 252 g/mol. The van der Waals surface area contributed by atoms with Gasteiger partial charge in [0.2, 0.25) is 5.75 Å². The highest BCUT2D eigenvalue weighted by Crippen LogP contribution is 2.23. The summed E-state index contributed by atoms with van der Waals surface area (Å²) in [6, 6.07) is 0.569. The fraction of sp³-hybridized carbons (Fsp3) is 0.667. The lowest BCUT2D eigenvalue weighted by molar-refractivity contribution is 0.393. The molecule has 1 fully saturated rings. The van der Waals surface area contributed by atoms with Gasteiger partial charge in [-0.1, -0.05) is 6.92 Å². The van der Waals surface area contributed by atoms with Crippen LogP contribution < -0.4 is 20.5 Å². The van der Waals surface area contributed by atoms with Gasteiger partial charge in [0.05, 0.1) is 13.4 Å². The summed E-state index contributed by atoms with van der Waals surface area (Å²) in [5, 5.41) is 3.45. The van der Waals surface area contributed by atoms with E-state index in [9.17, 15) is 4.79 Å². The van der Waals surface area contributed by atoms with E-state index in [1.165, 1.54) is 13.4 Å². The van der Waals surface area contributed by atoms with Crippen molar-refractivity contribution in [3.05, 3.63) is 16.7 Å². The van der Waals surface area contributed by atoms with Crippen molar-refractivity contribution in [1.29, 1.82) is 0 Å². The Labute approximate surface area is 106 Å². The Morgan fingerprint density at radius 3 is 2.89 bits per heavy atom. The zero-order valence-electron chi connectivity index (χ0n) is 10.9. The Balaban J connectivity index is 2.10. The first-order valence-electron chi connectivity index (χ1n) is 6.36. The molecule has 2 N–H and O–H groups in total. The first-order chi connectivity index (χ1) is 8.76. The highest BCUT2D eigenvalue weighted by atomic mass is 16.5. The number of aromatic amines is 1. The molecule has 0 radical (unpaired) electrons. The summed E-state index contributed by atoms with van der Waals surface area (Å²) >= 11 is 0. The lowest BCUT2D eigenvalue weighted by Crippen LogP contribution is -2.43. The van der Waals surface area contributed by atoms with E-state index >= 15 is 0 Å². The van der Waals surface area contributed by atoms with E-state index in [1.54, 1.807) is 0 Å².